The Morgan fingerprint density at radius 3 is 2.39 bits per heavy atom. The van der Waals surface area contributed by atoms with Gasteiger partial charge in [-0.2, -0.15) is 0 Å². The molecule has 0 amide bonds. The van der Waals surface area contributed by atoms with Crippen LogP contribution in [0.1, 0.15) is 48.0 Å². The summed E-state index contributed by atoms with van der Waals surface area (Å²) < 4.78 is 0. The van der Waals surface area contributed by atoms with Crippen molar-refractivity contribution in [2.75, 3.05) is 0 Å². The molecule has 0 saturated heterocycles. The zero-order chi connectivity index (χ0) is 16.2. The minimum Gasteiger partial charge on any atom is -0.507 e. The first-order valence-corrected chi connectivity index (χ1v) is 8.36. The fourth-order valence-corrected chi connectivity index (χ4v) is 3.42. The lowest BCUT2D eigenvalue weighted by molar-refractivity contribution is 0.0886. The molecule has 1 aliphatic carbocycles. The quantitative estimate of drug-likeness (QED) is 0.829. The van der Waals surface area contributed by atoms with Crippen molar-refractivity contribution in [2.45, 2.75) is 38.6 Å². The standard InChI is InChI=1S/C20H23NO2/c21-13-17-11-16(14-7-3-1-4-8-14)12-18(20(17)23)19(22)15-9-5-2-6-10-15/h1,3-4,7-8,11-12,15,23H,2,5-6,9-10,13,21H2. The molecule has 3 rings (SSSR count). The minimum atomic E-state index is 0.0336. The number of Topliss-reactive ketones (excluding diaryl/α,β-unsaturated/α-hetero) is 1. The summed E-state index contributed by atoms with van der Waals surface area (Å²) in [6.45, 7) is 0.220. The van der Waals surface area contributed by atoms with Gasteiger partial charge in [-0.25, -0.2) is 0 Å². The Kier molecular flexibility index (Phi) is 4.77. The van der Waals surface area contributed by atoms with Crippen LogP contribution in [0.2, 0.25) is 0 Å². The van der Waals surface area contributed by atoms with Crippen molar-refractivity contribution in [1.82, 2.24) is 0 Å². The fourth-order valence-electron chi connectivity index (χ4n) is 3.42. The molecule has 0 aromatic heterocycles. The highest BCUT2D eigenvalue weighted by atomic mass is 16.3. The van der Waals surface area contributed by atoms with Gasteiger partial charge in [-0.3, -0.25) is 4.79 Å². The summed E-state index contributed by atoms with van der Waals surface area (Å²) in [5.74, 6) is 0.156. The number of ketones is 1. The normalized spacial score (nSPS) is 15.5. The maximum atomic E-state index is 12.9. The fraction of sp³-hybridized carbons (Fsp3) is 0.350. The number of phenolic OH excluding ortho intramolecular Hbond substituents is 1. The molecule has 0 heterocycles. The van der Waals surface area contributed by atoms with E-state index in [0.29, 0.717) is 11.1 Å². The number of nitrogens with two attached hydrogens (primary N) is 1. The van der Waals surface area contributed by atoms with E-state index in [1.165, 1.54) is 6.42 Å². The molecule has 2 aromatic carbocycles. The predicted octanol–water partition coefficient (Wildman–Crippen LogP) is 4.28. The van der Waals surface area contributed by atoms with Crippen LogP contribution in [0.15, 0.2) is 42.5 Å². The zero-order valence-electron chi connectivity index (χ0n) is 13.3. The van der Waals surface area contributed by atoms with Gasteiger partial charge in [-0.05, 0) is 36.1 Å². The van der Waals surface area contributed by atoms with Crippen molar-refractivity contribution >= 4 is 5.78 Å². The Morgan fingerprint density at radius 2 is 1.74 bits per heavy atom. The van der Waals surface area contributed by atoms with Gasteiger partial charge in [-0.15, -0.1) is 0 Å². The summed E-state index contributed by atoms with van der Waals surface area (Å²) in [5, 5.41) is 10.5. The maximum Gasteiger partial charge on any atom is 0.169 e. The van der Waals surface area contributed by atoms with Crippen LogP contribution in [0.3, 0.4) is 0 Å². The largest absolute Gasteiger partial charge is 0.507 e. The van der Waals surface area contributed by atoms with Gasteiger partial charge in [0.25, 0.3) is 0 Å². The van der Waals surface area contributed by atoms with E-state index in [9.17, 15) is 9.90 Å². The second kappa shape index (κ2) is 6.97. The lowest BCUT2D eigenvalue weighted by Gasteiger charge is -2.21. The lowest BCUT2D eigenvalue weighted by Crippen LogP contribution is -2.18. The summed E-state index contributed by atoms with van der Waals surface area (Å²) >= 11 is 0. The molecule has 23 heavy (non-hydrogen) atoms. The number of aromatic hydroxyl groups is 1. The number of carbonyl (C=O) groups is 1. The molecule has 1 saturated carbocycles. The van der Waals surface area contributed by atoms with Crippen LogP contribution in [-0.2, 0) is 6.54 Å². The summed E-state index contributed by atoms with van der Waals surface area (Å²) in [5.41, 5.74) is 8.79. The number of benzene rings is 2. The molecule has 1 fully saturated rings. The highest BCUT2D eigenvalue weighted by Gasteiger charge is 2.26. The topological polar surface area (TPSA) is 63.3 Å². The molecule has 3 N–H and O–H groups in total. The molecular weight excluding hydrogens is 286 g/mol. The average molecular weight is 309 g/mol. The molecule has 3 heteroatoms. The molecule has 3 nitrogen and oxygen atoms in total. The van der Waals surface area contributed by atoms with Crippen LogP contribution >= 0.6 is 0 Å². The van der Waals surface area contributed by atoms with E-state index in [1.54, 1.807) is 0 Å². The SMILES string of the molecule is NCc1cc(-c2ccccc2)cc(C(=O)C2CCCCC2)c1O. The Morgan fingerprint density at radius 1 is 1.04 bits per heavy atom. The first-order chi connectivity index (χ1) is 11.2. The second-order valence-corrected chi connectivity index (χ2v) is 6.30. The van der Waals surface area contributed by atoms with Crippen molar-refractivity contribution in [3.8, 4) is 16.9 Å². The molecule has 120 valence electrons. The van der Waals surface area contributed by atoms with E-state index < -0.39 is 0 Å². The number of hydrogen-bond acceptors (Lipinski definition) is 3. The average Bonchev–Trinajstić information content (AvgIpc) is 2.63. The van der Waals surface area contributed by atoms with Gasteiger partial charge in [0.15, 0.2) is 5.78 Å². The van der Waals surface area contributed by atoms with Crippen LogP contribution in [0.4, 0.5) is 0 Å². The van der Waals surface area contributed by atoms with E-state index in [-0.39, 0.29) is 24.0 Å². The third kappa shape index (κ3) is 3.30. The number of hydrogen-bond donors (Lipinski definition) is 2. The molecule has 1 aliphatic rings. The van der Waals surface area contributed by atoms with Crippen molar-refractivity contribution in [1.29, 1.82) is 0 Å². The van der Waals surface area contributed by atoms with E-state index >= 15 is 0 Å². The van der Waals surface area contributed by atoms with Gasteiger partial charge in [0, 0.05) is 18.0 Å². The Balaban J connectivity index is 2.03. The maximum absolute atomic E-state index is 12.9. The minimum absolute atomic E-state index is 0.0336. The highest BCUT2D eigenvalue weighted by molar-refractivity contribution is 6.01. The van der Waals surface area contributed by atoms with Crippen molar-refractivity contribution < 1.29 is 9.90 Å². The van der Waals surface area contributed by atoms with Gasteiger partial charge >= 0.3 is 0 Å². The lowest BCUT2D eigenvalue weighted by atomic mass is 9.82. The number of carbonyl (C=O) groups excluding carboxylic acids is 1. The van der Waals surface area contributed by atoms with Crippen LogP contribution in [0.5, 0.6) is 5.75 Å². The first kappa shape index (κ1) is 15.8. The van der Waals surface area contributed by atoms with E-state index in [0.717, 1.165) is 36.8 Å². The third-order valence-electron chi connectivity index (χ3n) is 4.76. The summed E-state index contributed by atoms with van der Waals surface area (Å²) in [6.07, 6.45) is 5.24. The first-order valence-electron chi connectivity index (χ1n) is 8.36. The molecule has 0 atom stereocenters. The van der Waals surface area contributed by atoms with E-state index in [2.05, 4.69) is 0 Å². The summed E-state index contributed by atoms with van der Waals surface area (Å²) in [4.78, 5) is 12.9. The van der Waals surface area contributed by atoms with Crippen molar-refractivity contribution in [3.05, 3.63) is 53.6 Å². The molecule has 2 aromatic rings. The van der Waals surface area contributed by atoms with Gasteiger partial charge in [-0.1, -0.05) is 49.6 Å². The van der Waals surface area contributed by atoms with E-state index in [4.69, 9.17) is 5.73 Å². The van der Waals surface area contributed by atoms with Crippen LogP contribution in [0, 0.1) is 5.92 Å². The van der Waals surface area contributed by atoms with Gasteiger partial charge < -0.3 is 10.8 Å². The molecule has 0 bridgehead atoms. The summed E-state index contributed by atoms with van der Waals surface area (Å²) in [6, 6.07) is 13.6. The van der Waals surface area contributed by atoms with E-state index in [1.807, 2.05) is 42.5 Å². The van der Waals surface area contributed by atoms with Crippen LogP contribution in [-0.4, -0.2) is 10.9 Å². The molecule has 0 radical (unpaired) electrons. The third-order valence-corrected chi connectivity index (χ3v) is 4.76. The molecular formula is C20H23NO2. The molecule has 0 unspecified atom stereocenters. The van der Waals surface area contributed by atoms with Crippen LogP contribution < -0.4 is 5.73 Å². The van der Waals surface area contributed by atoms with Gasteiger partial charge in [0.2, 0.25) is 0 Å². The monoisotopic (exact) mass is 309 g/mol. The summed E-state index contributed by atoms with van der Waals surface area (Å²) in [7, 11) is 0. The Labute approximate surface area is 137 Å². The van der Waals surface area contributed by atoms with Crippen molar-refractivity contribution in [3.63, 3.8) is 0 Å². The van der Waals surface area contributed by atoms with Gasteiger partial charge in [0.05, 0.1) is 5.56 Å². The van der Waals surface area contributed by atoms with Crippen LogP contribution in [0.25, 0.3) is 11.1 Å². The predicted molar refractivity (Wildman–Crippen MR) is 92.3 cm³/mol. The Bertz CT molecular complexity index is 688. The molecule has 0 aliphatic heterocycles. The second-order valence-electron chi connectivity index (χ2n) is 6.30. The number of rotatable bonds is 4. The highest BCUT2D eigenvalue weighted by Crippen LogP contribution is 2.34. The Hall–Kier alpha value is -2.13. The number of phenols is 1. The smallest absolute Gasteiger partial charge is 0.169 e. The van der Waals surface area contributed by atoms with Gasteiger partial charge in [0.1, 0.15) is 5.75 Å². The zero-order valence-corrected chi connectivity index (χ0v) is 13.3. The molecule has 0 spiro atoms. The van der Waals surface area contributed by atoms with Crippen molar-refractivity contribution in [2.24, 2.45) is 11.7 Å².